The Balaban J connectivity index is 1.55. The summed E-state index contributed by atoms with van der Waals surface area (Å²) in [5, 5.41) is 0. The van der Waals surface area contributed by atoms with Crippen molar-refractivity contribution in [3.63, 3.8) is 0 Å². The molecule has 0 spiro atoms. The van der Waals surface area contributed by atoms with Crippen LogP contribution in [0.2, 0.25) is 0 Å². The van der Waals surface area contributed by atoms with E-state index in [9.17, 15) is 4.79 Å². The first-order valence-corrected chi connectivity index (χ1v) is 8.80. The number of aromatic nitrogens is 3. The molecule has 25 heavy (non-hydrogen) atoms. The molecule has 0 bridgehead atoms. The van der Waals surface area contributed by atoms with E-state index in [1.165, 1.54) is 5.56 Å². The summed E-state index contributed by atoms with van der Waals surface area (Å²) < 4.78 is 7.33. The predicted molar refractivity (Wildman–Crippen MR) is 93.8 cm³/mol. The number of hydrogen-bond donors (Lipinski definition) is 0. The molecule has 0 radical (unpaired) electrons. The Labute approximate surface area is 147 Å². The monoisotopic (exact) mass is 341 g/mol. The normalized spacial score (nSPS) is 18.0. The Morgan fingerprint density at radius 1 is 1.12 bits per heavy atom. The van der Waals surface area contributed by atoms with Crippen LogP contribution in [0.3, 0.4) is 0 Å². The average Bonchev–Trinajstić information content (AvgIpc) is 2.96. The quantitative estimate of drug-likeness (QED) is 0.812. The lowest BCUT2D eigenvalue weighted by Gasteiger charge is -2.29. The second-order valence-electron chi connectivity index (χ2n) is 6.52. The minimum absolute atomic E-state index is 0.0844. The number of carbonyl (C=O) groups excluding carboxylic acids is 1. The number of fused-ring (bicyclic) bond motifs is 1. The van der Waals surface area contributed by atoms with Crippen LogP contribution >= 0.6 is 0 Å². The lowest BCUT2D eigenvalue weighted by molar-refractivity contribution is 0.0753. The lowest BCUT2D eigenvalue weighted by Crippen LogP contribution is -2.37. The van der Waals surface area contributed by atoms with Crippen LogP contribution in [0.25, 0.3) is 0 Å². The highest BCUT2D eigenvalue weighted by Crippen LogP contribution is 2.25. The summed E-state index contributed by atoms with van der Waals surface area (Å²) in [7, 11) is 1.90. The summed E-state index contributed by atoms with van der Waals surface area (Å²) in [6, 6.07) is 3.78. The van der Waals surface area contributed by atoms with Crippen molar-refractivity contribution in [2.75, 3.05) is 44.3 Å². The number of nitrogens with zero attached hydrogens (tertiary/aromatic N) is 5. The zero-order valence-electron chi connectivity index (χ0n) is 14.5. The van der Waals surface area contributed by atoms with Crippen molar-refractivity contribution in [1.29, 1.82) is 0 Å². The lowest BCUT2D eigenvalue weighted by atomic mass is 10.1. The van der Waals surface area contributed by atoms with Gasteiger partial charge in [0, 0.05) is 51.4 Å². The summed E-state index contributed by atoms with van der Waals surface area (Å²) in [6.07, 6.45) is 5.12. The van der Waals surface area contributed by atoms with Gasteiger partial charge in [-0.2, -0.15) is 0 Å². The van der Waals surface area contributed by atoms with Gasteiger partial charge in [-0.25, -0.2) is 9.97 Å². The molecule has 2 aromatic rings. The molecule has 0 aliphatic carbocycles. The van der Waals surface area contributed by atoms with Gasteiger partial charge in [0.05, 0.1) is 18.9 Å². The topological polar surface area (TPSA) is 63.5 Å². The van der Waals surface area contributed by atoms with Crippen molar-refractivity contribution in [3.05, 3.63) is 41.6 Å². The van der Waals surface area contributed by atoms with E-state index in [0.717, 1.165) is 56.4 Å². The van der Waals surface area contributed by atoms with Crippen molar-refractivity contribution in [2.45, 2.75) is 12.8 Å². The molecule has 4 rings (SSSR count). The summed E-state index contributed by atoms with van der Waals surface area (Å²) in [6.45, 7) is 4.57. The molecule has 0 aromatic carbocycles. The van der Waals surface area contributed by atoms with Gasteiger partial charge in [0.15, 0.2) is 0 Å². The average molecular weight is 341 g/mol. The molecular weight excluding hydrogens is 318 g/mol. The van der Waals surface area contributed by atoms with Crippen LogP contribution in [0, 0.1) is 0 Å². The molecule has 4 heterocycles. The second-order valence-corrected chi connectivity index (χ2v) is 6.52. The van der Waals surface area contributed by atoms with Crippen LogP contribution in [-0.4, -0.2) is 64.7 Å². The van der Waals surface area contributed by atoms with Gasteiger partial charge in [-0.15, -0.1) is 0 Å². The van der Waals surface area contributed by atoms with Crippen LogP contribution in [0.15, 0.2) is 24.7 Å². The third-order valence-corrected chi connectivity index (χ3v) is 5.02. The van der Waals surface area contributed by atoms with Crippen molar-refractivity contribution < 1.29 is 9.53 Å². The van der Waals surface area contributed by atoms with Gasteiger partial charge in [0.1, 0.15) is 17.8 Å². The van der Waals surface area contributed by atoms with Crippen LogP contribution in [0.5, 0.6) is 0 Å². The molecule has 0 N–H and O–H groups in total. The van der Waals surface area contributed by atoms with E-state index in [4.69, 9.17) is 4.74 Å². The molecule has 0 unspecified atom stereocenters. The number of hydrogen-bond acceptors (Lipinski definition) is 5. The third-order valence-electron chi connectivity index (χ3n) is 5.02. The van der Waals surface area contributed by atoms with E-state index in [-0.39, 0.29) is 5.91 Å². The van der Waals surface area contributed by atoms with E-state index in [1.807, 2.05) is 34.8 Å². The van der Waals surface area contributed by atoms with Gasteiger partial charge < -0.3 is 19.1 Å². The zero-order chi connectivity index (χ0) is 17.2. The Bertz CT molecular complexity index is 767. The van der Waals surface area contributed by atoms with Gasteiger partial charge in [-0.05, 0) is 18.6 Å². The molecule has 0 saturated carbocycles. The molecule has 7 nitrogen and oxygen atoms in total. The number of morpholine rings is 1. The van der Waals surface area contributed by atoms with Gasteiger partial charge in [0.25, 0.3) is 5.91 Å². The first kappa shape index (κ1) is 16.1. The van der Waals surface area contributed by atoms with Crippen molar-refractivity contribution in [2.24, 2.45) is 7.05 Å². The van der Waals surface area contributed by atoms with Crippen LogP contribution in [0.4, 0.5) is 5.82 Å². The largest absolute Gasteiger partial charge is 0.378 e. The Morgan fingerprint density at radius 2 is 1.92 bits per heavy atom. The summed E-state index contributed by atoms with van der Waals surface area (Å²) in [5.41, 5.74) is 2.98. The number of rotatable bonds is 2. The van der Waals surface area contributed by atoms with E-state index < -0.39 is 0 Å². The highest BCUT2D eigenvalue weighted by Gasteiger charge is 2.25. The Morgan fingerprint density at radius 3 is 2.68 bits per heavy atom. The number of ether oxygens (including phenoxy) is 1. The molecule has 7 heteroatoms. The van der Waals surface area contributed by atoms with Gasteiger partial charge in [0.2, 0.25) is 0 Å². The maximum atomic E-state index is 12.8. The predicted octanol–water partition coefficient (Wildman–Crippen LogP) is 0.893. The molecule has 2 aromatic heterocycles. The van der Waals surface area contributed by atoms with Gasteiger partial charge in [-0.3, -0.25) is 4.79 Å². The fourth-order valence-corrected chi connectivity index (χ4v) is 3.61. The first-order chi connectivity index (χ1) is 12.2. The van der Waals surface area contributed by atoms with Crippen molar-refractivity contribution in [3.8, 4) is 0 Å². The maximum Gasteiger partial charge on any atom is 0.270 e. The highest BCUT2D eigenvalue weighted by atomic mass is 16.5. The first-order valence-electron chi connectivity index (χ1n) is 8.80. The smallest absolute Gasteiger partial charge is 0.270 e. The molecule has 2 aliphatic heterocycles. The minimum Gasteiger partial charge on any atom is -0.378 e. The summed E-state index contributed by atoms with van der Waals surface area (Å²) in [4.78, 5) is 26.1. The molecule has 1 amide bonds. The number of amides is 1. The molecule has 2 aliphatic rings. The van der Waals surface area contributed by atoms with E-state index in [1.54, 1.807) is 6.33 Å². The fourth-order valence-electron chi connectivity index (χ4n) is 3.61. The minimum atomic E-state index is 0.0844. The van der Waals surface area contributed by atoms with Crippen LogP contribution in [0.1, 0.15) is 21.7 Å². The Hall–Kier alpha value is -2.41. The molecule has 0 atom stereocenters. The van der Waals surface area contributed by atoms with E-state index >= 15 is 0 Å². The zero-order valence-corrected chi connectivity index (χ0v) is 14.5. The third kappa shape index (κ3) is 3.11. The Kier molecular flexibility index (Phi) is 4.40. The van der Waals surface area contributed by atoms with Gasteiger partial charge >= 0.3 is 0 Å². The van der Waals surface area contributed by atoms with E-state index in [2.05, 4.69) is 14.9 Å². The molecule has 1 saturated heterocycles. The molecule has 1 fully saturated rings. The van der Waals surface area contributed by atoms with E-state index in [0.29, 0.717) is 13.1 Å². The fraction of sp³-hybridized carbons (Fsp3) is 0.500. The standard InChI is InChI=1S/C18H23N5O2/c1-21-6-2-3-16(21)18(24)23-7-4-14-15(5-8-23)19-13-20-17(14)22-9-11-25-12-10-22/h2-3,6,13H,4-5,7-12H2,1H3. The summed E-state index contributed by atoms with van der Waals surface area (Å²) >= 11 is 0. The SMILES string of the molecule is Cn1cccc1C(=O)N1CCc2ncnc(N3CCOCC3)c2CC1. The van der Waals surface area contributed by atoms with Crippen molar-refractivity contribution in [1.82, 2.24) is 19.4 Å². The number of carbonyl (C=O) groups is 1. The van der Waals surface area contributed by atoms with Crippen LogP contribution in [-0.2, 0) is 24.6 Å². The molecule has 132 valence electrons. The van der Waals surface area contributed by atoms with Crippen LogP contribution < -0.4 is 4.90 Å². The van der Waals surface area contributed by atoms with Crippen molar-refractivity contribution >= 4 is 11.7 Å². The number of aryl methyl sites for hydroxylation is 1. The maximum absolute atomic E-state index is 12.8. The summed E-state index contributed by atoms with van der Waals surface area (Å²) in [5.74, 6) is 1.10. The highest BCUT2D eigenvalue weighted by molar-refractivity contribution is 5.92. The molecular formula is C18H23N5O2. The number of anilines is 1. The van der Waals surface area contributed by atoms with Gasteiger partial charge in [-0.1, -0.05) is 0 Å². The second kappa shape index (κ2) is 6.84.